The van der Waals surface area contributed by atoms with Crippen LogP contribution in [0.4, 0.5) is 10.5 Å². The molecule has 2 aromatic carbocycles. The van der Waals surface area contributed by atoms with Crippen LogP contribution in [0.2, 0.25) is 0 Å². The number of rotatable bonds is 28. The van der Waals surface area contributed by atoms with E-state index in [0.717, 1.165) is 4.90 Å². The van der Waals surface area contributed by atoms with Gasteiger partial charge in [0.25, 0.3) is 0 Å². The monoisotopic (exact) mass is 1130 g/mol. The number of aliphatic carboxylic acids is 1. The first-order valence-electron chi connectivity index (χ1n) is 27.3. The molecule has 24 nitrogen and oxygen atoms in total. The topological polar surface area (TPSA) is 339 Å². The molecular formula is C56H87N7O17. The standard InChI is InChI=1S/C56H87N7O17/c1-13-31(6)44(39(76-11)27-41(65)63-25-17-20-37(63)49(77-12)32(7)51(70)58-33(8)45(66)35-18-15-14-16-19-35)61(9)53(72)42(29(2)3)60-52(71)43(30(4)5)62(10)56(75)78-28-34-21-22-38(36(26-34)59-40(64)23-24-57)79-55-48(69)46(67)47(68)50(80-55)54(73)74/h14-16,18-19,21-22,26,29-33,37,39,42-50,55,66-69H,13,17,20,23-25,27-28,57H2,1-12H3,(H,58,70)(H,59,64)(H,60,71)(H,73,74)/t31-,32-,33-,37+,39?,42+,43?,44?,45-,46+,47?,48+,49-,50?,55?/m1/s1. The van der Waals surface area contributed by atoms with Gasteiger partial charge in [-0.25, -0.2) is 9.59 Å². The van der Waals surface area contributed by atoms with Crippen LogP contribution in [0.3, 0.4) is 0 Å². The number of nitrogens with zero attached hydrogens (tertiary/aromatic N) is 3. The predicted octanol–water partition coefficient (Wildman–Crippen LogP) is 2.14. The first kappa shape index (κ1) is 66.5. The molecule has 2 fully saturated rings. The van der Waals surface area contributed by atoms with E-state index < -0.39 is 133 Å². The number of hydrogen-bond acceptors (Lipinski definition) is 17. The number of likely N-dealkylation sites (N-methyl/N-ethyl adjacent to an activating group) is 2. The molecule has 0 saturated carbocycles. The number of carboxylic acid groups (broad SMARTS) is 1. The summed E-state index contributed by atoms with van der Waals surface area (Å²) in [5, 5.41) is 59.8. The van der Waals surface area contributed by atoms with Crippen LogP contribution in [0.1, 0.15) is 105 Å². The zero-order chi connectivity index (χ0) is 59.9. The number of nitrogens with two attached hydrogens (primary N) is 1. The van der Waals surface area contributed by atoms with Gasteiger partial charge in [-0.1, -0.05) is 91.3 Å². The molecule has 2 aliphatic heterocycles. The van der Waals surface area contributed by atoms with E-state index in [1.165, 1.54) is 44.4 Å². The Morgan fingerprint density at radius 3 is 2.09 bits per heavy atom. The quantitative estimate of drug-likeness (QED) is 0.0589. The van der Waals surface area contributed by atoms with Crippen LogP contribution in [0, 0.1) is 23.7 Å². The number of amides is 6. The Morgan fingerprint density at radius 1 is 0.850 bits per heavy atom. The molecule has 10 N–H and O–H groups in total. The molecule has 0 spiro atoms. The molecule has 2 heterocycles. The number of aliphatic hydroxyl groups excluding tert-OH is 4. The predicted molar refractivity (Wildman–Crippen MR) is 292 cm³/mol. The van der Waals surface area contributed by atoms with Crippen molar-refractivity contribution < 1.29 is 82.8 Å². The van der Waals surface area contributed by atoms with Gasteiger partial charge in [0.15, 0.2) is 6.10 Å². The summed E-state index contributed by atoms with van der Waals surface area (Å²) in [5.74, 6) is -5.83. The SMILES string of the molecule is CC[C@@H](C)C(C(CC(=O)N1CCC[C@H]1[C@H](OC)[C@@H](C)C(=O)N[C@H](C)[C@@H](O)c1ccccc1)OC)N(C)C(=O)[C@@H](NC(=O)C(C(C)C)N(C)C(=O)OCc1ccc(OC2OC(C(=O)O)C(O)[C@H](O)[C@@H]2O)c(NC(=O)CCN)c1)C(C)C. The maximum atomic E-state index is 14.7. The second-order valence-electron chi connectivity index (χ2n) is 21.6. The number of carbonyl (C=O) groups excluding carboxylic acids is 6. The normalized spacial score (nSPS) is 22.6. The molecule has 0 bridgehead atoms. The Bertz CT molecular complexity index is 2380. The molecule has 6 unspecified atom stereocenters. The summed E-state index contributed by atoms with van der Waals surface area (Å²) < 4.78 is 28.6. The van der Waals surface area contributed by atoms with Gasteiger partial charge in [-0.3, -0.25) is 28.9 Å². The van der Waals surface area contributed by atoms with Crippen molar-refractivity contribution in [3.8, 4) is 5.75 Å². The van der Waals surface area contributed by atoms with Crippen molar-refractivity contribution in [1.29, 1.82) is 0 Å². The Balaban J connectivity index is 1.47. The van der Waals surface area contributed by atoms with E-state index in [0.29, 0.717) is 36.9 Å². The second kappa shape index (κ2) is 30.7. The van der Waals surface area contributed by atoms with E-state index in [2.05, 4.69) is 16.0 Å². The first-order valence-corrected chi connectivity index (χ1v) is 27.3. The molecule has 448 valence electrons. The van der Waals surface area contributed by atoms with Gasteiger partial charge in [-0.15, -0.1) is 0 Å². The summed E-state index contributed by atoms with van der Waals surface area (Å²) in [5.41, 5.74) is 6.50. The number of hydrogen-bond donors (Lipinski definition) is 9. The molecule has 0 radical (unpaired) electrons. The average molecular weight is 1130 g/mol. The second-order valence-corrected chi connectivity index (χ2v) is 21.6. The minimum absolute atomic E-state index is 0.0190. The first-order chi connectivity index (χ1) is 37.7. The number of benzene rings is 2. The number of methoxy groups -OCH3 is 2. The zero-order valence-corrected chi connectivity index (χ0v) is 48.1. The Morgan fingerprint density at radius 2 is 1.51 bits per heavy atom. The molecule has 80 heavy (non-hydrogen) atoms. The lowest BCUT2D eigenvalue weighted by Gasteiger charge is -2.41. The van der Waals surface area contributed by atoms with Crippen LogP contribution in [-0.2, 0) is 54.3 Å². The van der Waals surface area contributed by atoms with Crippen molar-refractivity contribution in [2.45, 2.75) is 173 Å². The third kappa shape index (κ3) is 16.8. The van der Waals surface area contributed by atoms with Crippen molar-refractivity contribution in [2.75, 3.05) is 46.7 Å². The highest BCUT2D eigenvalue weighted by Crippen LogP contribution is 2.33. The Kier molecular flexibility index (Phi) is 25.5. The fraction of sp³-hybridized carbons (Fsp3) is 0.661. The maximum absolute atomic E-state index is 14.7. The van der Waals surface area contributed by atoms with E-state index >= 15 is 0 Å². The van der Waals surface area contributed by atoms with Gasteiger partial charge in [-0.2, -0.15) is 0 Å². The van der Waals surface area contributed by atoms with E-state index in [-0.39, 0.29) is 48.6 Å². The smallest absolute Gasteiger partial charge is 0.410 e. The van der Waals surface area contributed by atoms with Crippen molar-refractivity contribution in [3.63, 3.8) is 0 Å². The van der Waals surface area contributed by atoms with E-state index in [4.69, 9.17) is 29.4 Å². The molecule has 0 aliphatic carbocycles. The van der Waals surface area contributed by atoms with Crippen molar-refractivity contribution in [3.05, 3.63) is 59.7 Å². The lowest BCUT2D eigenvalue weighted by Crippen LogP contribution is -2.61. The van der Waals surface area contributed by atoms with Crippen molar-refractivity contribution in [1.82, 2.24) is 25.3 Å². The van der Waals surface area contributed by atoms with Crippen LogP contribution >= 0.6 is 0 Å². The molecule has 0 aromatic heterocycles. The van der Waals surface area contributed by atoms with Crippen molar-refractivity contribution in [2.24, 2.45) is 29.4 Å². The summed E-state index contributed by atoms with van der Waals surface area (Å²) >= 11 is 0. The van der Waals surface area contributed by atoms with Crippen molar-refractivity contribution >= 4 is 47.3 Å². The minimum Gasteiger partial charge on any atom is -0.479 e. The summed E-state index contributed by atoms with van der Waals surface area (Å²) in [4.78, 5) is 99.7. The van der Waals surface area contributed by atoms with E-state index in [1.54, 1.807) is 65.6 Å². The van der Waals surface area contributed by atoms with Crippen LogP contribution < -0.4 is 26.4 Å². The lowest BCUT2D eigenvalue weighted by molar-refractivity contribution is -0.271. The molecular weight excluding hydrogens is 1040 g/mol. The van der Waals surface area contributed by atoms with Gasteiger partial charge in [-0.05, 0) is 60.8 Å². The van der Waals surface area contributed by atoms with Gasteiger partial charge in [0.1, 0.15) is 42.8 Å². The molecule has 24 heteroatoms. The Hall–Kier alpha value is -5.99. The summed E-state index contributed by atoms with van der Waals surface area (Å²) in [6, 6.07) is 9.20. The average Bonchev–Trinajstić information content (AvgIpc) is 3.91. The van der Waals surface area contributed by atoms with Crippen LogP contribution in [0.15, 0.2) is 48.5 Å². The highest BCUT2D eigenvalue weighted by atomic mass is 16.7. The zero-order valence-electron chi connectivity index (χ0n) is 48.1. The van der Waals surface area contributed by atoms with Gasteiger partial charge in [0, 0.05) is 47.8 Å². The van der Waals surface area contributed by atoms with E-state index in [1.807, 2.05) is 32.0 Å². The van der Waals surface area contributed by atoms with Gasteiger partial charge in [0.05, 0.1) is 54.5 Å². The third-order valence-corrected chi connectivity index (χ3v) is 15.2. The third-order valence-electron chi connectivity index (χ3n) is 15.2. The van der Waals surface area contributed by atoms with Crippen LogP contribution in [0.25, 0.3) is 0 Å². The molecule has 15 atom stereocenters. The van der Waals surface area contributed by atoms with Crippen LogP contribution in [0.5, 0.6) is 5.75 Å². The van der Waals surface area contributed by atoms with Crippen LogP contribution in [-0.4, -0.2) is 196 Å². The number of aliphatic hydroxyl groups is 4. The molecule has 2 saturated heterocycles. The number of ether oxygens (including phenoxy) is 5. The molecule has 4 rings (SSSR count). The molecule has 6 amide bonds. The maximum Gasteiger partial charge on any atom is 0.410 e. The summed E-state index contributed by atoms with van der Waals surface area (Å²) in [6.07, 6.45) is -11.3. The number of carboxylic acids is 1. The fourth-order valence-corrected chi connectivity index (χ4v) is 10.4. The number of anilines is 1. The molecule has 2 aliphatic rings. The number of carbonyl (C=O) groups is 7. The molecule has 2 aromatic rings. The largest absolute Gasteiger partial charge is 0.479 e. The summed E-state index contributed by atoms with van der Waals surface area (Å²) in [7, 11) is 5.97. The van der Waals surface area contributed by atoms with Gasteiger partial charge >= 0.3 is 12.1 Å². The van der Waals surface area contributed by atoms with E-state index in [9.17, 15) is 59.1 Å². The van der Waals surface area contributed by atoms with Gasteiger partial charge < -0.3 is 80.7 Å². The fourth-order valence-electron chi connectivity index (χ4n) is 10.4. The Labute approximate surface area is 468 Å². The number of likely N-dealkylation sites (tertiary alicyclic amines) is 1. The van der Waals surface area contributed by atoms with Gasteiger partial charge in [0.2, 0.25) is 35.8 Å². The highest BCUT2D eigenvalue weighted by molar-refractivity contribution is 5.93. The number of nitrogens with one attached hydrogen (secondary N) is 3. The minimum atomic E-state index is -1.97. The highest BCUT2D eigenvalue weighted by Gasteiger charge is 2.49. The lowest BCUT2D eigenvalue weighted by atomic mass is 9.89. The summed E-state index contributed by atoms with van der Waals surface area (Å²) in [6.45, 7) is 14.4.